The van der Waals surface area contributed by atoms with E-state index in [1.807, 2.05) is 91.9 Å². The van der Waals surface area contributed by atoms with Crippen LogP contribution in [0.1, 0.15) is 28.7 Å². The zero-order chi connectivity index (χ0) is 22.1. The fourth-order valence-corrected chi connectivity index (χ4v) is 6.73. The fraction of sp³-hybridized carbons (Fsp3) is 0.143. The van der Waals surface area contributed by atoms with Crippen molar-refractivity contribution in [3.8, 4) is 0 Å². The first kappa shape index (κ1) is 20.5. The van der Waals surface area contributed by atoms with Crippen LogP contribution in [0.5, 0.6) is 0 Å². The van der Waals surface area contributed by atoms with Gasteiger partial charge in [-0.1, -0.05) is 103 Å². The van der Waals surface area contributed by atoms with Gasteiger partial charge in [0.25, 0.3) is 0 Å². The number of allylic oxidation sites excluding steroid dienone is 5. The van der Waals surface area contributed by atoms with E-state index in [0.717, 1.165) is 28.0 Å². The number of hydrogen-bond donors (Lipinski definition) is 1. The monoisotopic (exact) mass is 439 g/mol. The molecule has 0 amide bonds. The van der Waals surface area contributed by atoms with E-state index in [1.165, 1.54) is 0 Å². The molecule has 0 radical (unpaired) electrons. The van der Waals surface area contributed by atoms with Gasteiger partial charge in [0, 0.05) is 11.6 Å². The van der Waals surface area contributed by atoms with Crippen molar-refractivity contribution in [1.82, 2.24) is 5.32 Å². The Balaban J connectivity index is 1.74. The van der Waals surface area contributed by atoms with Crippen molar-refractivity contribution in [2.75, 3.05) is 0 Å². The number of sulfone groups is 1. The molecule has 0 spiro atoms. The third-order valence-corrected chi connectivity index (χ3v) is 8.41. The molecule has 1 saturated heterocycles. The summed E-state index contributed by atoms with van der Waals surface area (Å²) in [5.41, 5.74) is 4.81. The lowest BCUT2D eigenvalue weighted by Crippen LogP contribution is -2.28. The summed E-state index contributed by atoms with van der Waals surface area (Å²) >= 11 is 0. The second-order valence-corrected chi connectivity index (χ2v) is 10.4. The molecular formula is C28H25NO2S. The van der Waals surface area contributed by atoms with Crippen LogP contribution in [0.25, 0.3) is 0 Å². The standard InChI is InChI=1S/C28H25NO2S/c1-20-16-18-24(19-17-20)32(30,31)28-25(21-10-4-2-5-11-21)26(22-12-6-3-7-13-22)29-27(28)23-14-8-9-15-23/h2-19,25-26,28-29H,1H3/t25-,26-,28+/m1/s1. The van der Waals surface area contributed by atoms with Gasteiger partial charge in [-0.25, -0.2) is 8.42 Å². The minimum atomic E-state index is -3.67. The maximum Gasteiger partial charge on any atom is 0.187 e. The first-order valence-electron chi connectivity index (χ1n) is 10.8. The lowest BCUT2D eigenvalue weighted by atomic mass is 9.87. The van der Waals surface area contributed by atoms with E-state index in [1.54, 1.807) is 12.1 Å². The molecule has 0 saturated carbocycles. The Morgan fingerprint density at radius 2 is 1.28 bits per heavy atom. The van der Waals surface area contributed by atoms with Crippen LogP contribution in [0.3, 0.4) is 0 Å². The highest BCUT2D eigenvalue weighted by molar-refractivity contribution is 7.92. The molecule has 1 aliphatic carbocycles. The molecule has 1 heterocycles. The average molecular weight is 440 g/mol. The minimum Gasteiger partial charge on any atom is -0.379 e. The third kappa shape index (κ3) is 3.61. The van der Waals surface area contributed by atoms with Crippen molar-refractivity contribution in [3.05, 3.63) is 137 Å². The minimum absolute atomic E-state index is 0.159. The Morgan fingerprint density at radius 3 is 1.88 bits per heavy atom. The molecule has 0 aromatic heterocycles. The molecule has 3 aromatic carbocycles. The lowest BCUT2D eigenvalue weighted by molar-refractivity contribution is 0.553. The van der Waals surface area contributed by atoms with Gasteiger partial charge in [-0.3, -0.25) is 0 Å². The predicted molar refractivity (Wildman–Crippen MR) is 129 cm³/mol. The Hall–Kier alpha value is -3.37. The Kier molecular flexibility index (Phi) is 5.32. The fourth-order valence-electron chi connectivity index (χ4n) is 4.71. The smallest absolute Gasteiger partial charge is 0.187 e. The Labute approximate surface area is 189 Å². The zero-order valence-electron chi connectivity index (χ0n) is 17.8. The van der Waals surface area contributed by atoms with Crippen molar-refractivity contribution >= 4 is 9.84 Å². The van der Waals surface area contributed by atoms with Gasteiger partial charge >= 0.3 is 0 Å². The van der Waals surface area contributed by atoms with Crippen LogP contribution in [-0.4, -0.2) is 13.7 Å². The van der Waals surface area contributed by atoms with Crippen LogP contribution in [0.15, 0.2) is 125 Å². The van der Waals surface area contributed by atoms with Gasteiger partial charge in [0.2, 0.25) is 0 Å². The van der Waals surface area contributed by atoms with Crippen LogP contribution in [0.2, 0.25) is 0 Å². The van der Waals surface area contributed by atoms with Gasteiger partial charge in [0.15, 0.2) is 9.84 Å². The average Bonchev–Trinajstić information content (AvgIpc) is 3.49. The van der Waals surface area contributed by atoms with Crippen molar-refractivity contribution in [1.29, 1.82) is 0 Å². The van der Waals surface area contributed by atoms with E-state index in [0.29, 0.717) is 4.90 Å². The molecule has 0 unspecified atom stereocenters. The molecule has 0 bridgehead atoms. The molecule has 2 aliphatic rings. The molecule has 160 valence electrons. The molecular weight excluding hydrogens is 414 g/mol. The van der Waals surface area contributed by atoms with Crippen LogP contribution < -0.4 is 5.32 Å². The molecule has 4 heteroatoms. The van der Waals surface area contributed by atoms with Crippen LogP contribution in [-0.2, 0) is 9.84 Å². The van der Waals surface area contributed by atoms with Gasteiger partial charge in [0.1, 0.15) is 5.25 Å². The van der Waals surface area contributed by atoms with Crippen LogP contribution in [0.4, 0.5) is 0 Å². The highest BCUT2D eigenvalue weighted by atomic mass is 32.2. The summed E-state index contributed by atoms with van der Waals surface area (Å²) in [5.74, 6) is -0.269. The molecule has 1 N–H and O–H groups in total. The summed E-state index contributed by atoms with van der Waals surface area (Å²) in [6.07, 6.45) is 7.87. The van der Waals surface area contributed by atoms with E-state index in [4.69, 9.17) is 0 Å². The first-order valence-corrected chi connectivity index (χ1v) is 12.4. The van der Waals surface area contributed by atoms with Crippen LogP contribution in [0, 0.1) is 6.92 Å². The summed E-state index contributed by atoms with van der Waals surface area (Å²) in [6, 6.07) is 27.1. The van der Waals surface area contributed by atoms with E-state index in [2.05, 4.69) is 17.4 Å². The van der Waals surface area contributed by atoms with Gasteiger partial charge in [0.05, 0.1) is 10.9 Å². The summed E-state index contributed by atoms with van der Waals surface area (Å²) in [5, 5.41) is 2.91. The maximum atomic E-state index is 14.2. The zero-order valence-corrected chi connectivity index (χ0v) is 18.7. The van der Waals surface area contributed by atoms with Crippen molar-refractivity contribution in [3.63, 3.8) is 0 Å². The molecule has 3 aromatic rings. The Morgan fingerprint density at radius 1 is 0.719 bits per heavy atom. The van der Waals surface area contributed by atoms with Crippen molar-refractivity contribution in [2.45, 2.75) is 29.0 Å². The Bertz CT molecular complexity index is 1290. The highest BCUT2D eigenvalue weighted by Gasteiger charge is 2.49. The predicted octanol–water partition coefficient (Wildman–Crippen LogP) is 5.65. The molecule has 1 aliphatic heterocycles. The number of rotatable bonds is 4. The molecule has 3 nitrogen and oxygen atoms in total. The van der Waals surface area contributed by atoms with E-state index in [9.17, 15) is 8.42 Å². The second kappa shape index (κ2) is 8.29. The molecule has 3 atom stereocenters. The normalized spacial score (nSPS) is 22.3. The quantitative estimate of drug-likeness (QED) is 0.572. The SMILES string of the molecule is Cc1ccc(S(=O)(=O)[C@@H]2C(=C3C=CC=C3)N[C@H](c3ccccc3)[C@H]2c2ccccc2)cc1. The van der Waals surface area contributed by atoms with E-state index >= 15 is 0 Å². The van der Waals surface area contributed by atoms with Crippen LogP contribution >= 0.6 is 0 Å². The third-order valence-electron chi connectivity index (χ3n) is 6.28. The topological polar surface area (TPSA) is 46.2 Å². The largest absolute Gasteiger partial charge is 0.379 e. The van der Waals surface area contributed by atoms with E-state index in [-0.39, 0.29) is 12.0 Å². The number of nitrogens with one attached hydrogen (secondary N) is 1. The highest BCUT2D eigenvalue weighted by Crippen LogP contribution is 2.48. The molecule has 5 rings (SSSR count). The summed E-state index contributed by atoms with van der Waals surface area (Å²) < 4.78 is 28.3. The second-order valence-electron chi connectivity index (χ2n) is 8.34. The number of benzene rings is 3. The first-order chi connectivity index (χ1) is 15.6. The van der Waals surface area contributed by atoms with Gasteiger partial charge in [-0.15, -0.1) is 0 Å². The maximum absolute atomic E-state index is 14.2. The summed E-state index contributed by atoms with van der Waals surface area (Å²) in [6.45, 7) is 1.97. The van der Waals surface area contributed by atoms with Gasteiger partial charge in [-0.05, 0) is 35.8 Å². The summed E-state index contributed by atoms with van der Waals surface area (Å²) in [7, 11) is -3.67. The molecule has 32 heavy (non-hydrogen) atoms. The number of aryl methyl sites for hydroxylation is 1. The molecule has 1 fully saturated rings. The van der Waals surface area contributed by atoms with Gasteiger partial charge < -0.3 is 5.32 Å². The lowest BCUT2D eigenvalue weighted by Gasteiger charge is -2.25. The van der Waals surface area contributed by atoms with E-state index < -0.39 is 15.1 Å². The van der Waals surface area contributed by atoms with Gasteiger partial charge in [-0.2, -0.15) is 0 Å². The van der Waals surface area contributed by atoms with Crippen molar-refractivity contribution < 1.29 is 8.42 Å². The number of hydrogen-bond acceptors (Lipinski definition) is 3. The van der Waals surface area contributed by atoms with Crippen molar-refractivity contribution in [2.24, 2.45) is 0 Å². The summed E-state index contributed by atoms with van der Waals surface area (Å²) in [4.78, 5) is 0.355.